The summed E-state index contributed by atoms with van der Waals surface area (Å²) in [5.74, 6) is -0.584. The largest absolute Gasteiger partial charge is 0.490 e. The molecular weight excluding hydrogens is 387 g/mol. The van der Waals surface area contributed by atoms with Gasteiger partial charge in [0.25, 0.3) is 0 Å². The molecule has 0 N–H and O–H groups in total. The number of nitriles is 1. The van der Waals surface area contributed by atoms with E-state index >= 15 is 0 Å². The van der Waals surface area contributed by atoms with Crippen molar-refractivity contribution in [3.8, 4) is 11.8 Å². The molecule has 2 heterocycles. The summed E-state index contributed by atoms with van der Waals surface area (Å²) >= 11 is 0. The minimum atomic E-state index is -0.705. The zero-order valence-corrected chi connectivity index (χ0v) is 17.2. The third-order valence-corrected chi connectivity index (χ3v) is 5.06. The molecule has 2 aromatic rings. The molecule has 0 unspecified atom stereocenters. The lowest BCUT2D eigenvalue weighted by Gasteiger charge is -2.14. The fraction of sp³-hybridized carbons (Fsp3) is 0.391. The molecule has 0 spiro atoms. The second-order valence-electron chi connectivity index (χ2n) is 7.18. The van der Waals surface area contributed by atoms with Crippen molar-refractivity contribution < 1.29 is 23.4 Å². The quantitative estimate of drug-likeness (QED) is 0.284. The third-order valence-electron chi connectivity index (χ3n) is 5.06. The van der Waals surface area contributed by atoms with Crippen LogP contribution in [0.2, 0.25) is 0 Å². The molecule has 6 nitrogen and oxygen atoms in total. The predicted molar refractivity (Wildman–Crippen MR) is 109 cm³/mol. The van der Waals surface area contributed by atoms with Crippen LogP contribution in [0.3, 0.4) is 0 Å². The molecule has 1 aliphatic rings. The van der Waals surface area contributed by atoms with Crippen LogP contribution in [0.5, 0.6) is 5.75 Å². The average Bonchev–Trinajstić information content (AvgIpc) is 3.34. The van der Waals surface area contributed by atoms with Crippen molar-refractivity contribution >= 4 is 12.0 Å². The van der Waals surface area contributed by atoms with Gasteiger partial charge >= 0.3 is 5.97 Å². The number of benzene rings is 1. The third kappa shape index (κ3) is 5.49. The molecule has 1 fully saturated rings. The van der Waals surface area contributed by atoms with E-state index in [1.165, 1.54) is 24.3 Å². The summed E-state index contributed by atoms with van der Waals surface area (Å²) in [5, 5.41) is 9.40. The van der Waals surface area contributed by atoms with Crippen LogP contribution < -0.4 is 4.74 Å². The topological polar surface area (TPSA) is 73.5 Å². The molecule has 1 atom stereocenters. The Morgan fingerprint density at radius 2 is 2.10 bits per heavy atom. The van der Waals surface area contributed by atoms with E-state index in [-0.39, 0.29) is 30.7 Å². The normalized spacial score (nSPS) is 16.3. The maximum atomic E-state index is 12.9. The predicted octanol–water partition coefficient (Wildman–Crippen LogP) is 3.95. The van der Waals surface area contributed by atoms with E-state index in [2.05, 4.69) is 4.57 Å². The first-order valence-electron chi connectivity index (χ1n) is 9.93. The Morgan fingerprint density at radius 1 is 1.33 bits per heavy atom. The van der Waals surface area contributed by atoms with Gasteiger partial charge in [-0.15, -0.1) is 0 Å². The monoisotopic (exact) mass is 412 g/mol. The Bertz CT molecular complexity index is 951. The number of aromatic nitrogens is 1. The van der Waals surface area contributed by atoms with Crippen LogP contribution in [-0.4, -0.2) is 36.5 Å². The molecule has 7 heteroatoms. The molecule has 0 aliphatic carbocycles. The van der Waals surface area contributed by atoms with E-state index in [0.29, 0.717) is 5.75 Å². The summed E-state index contributed by atoms with van der Waals surface area (Å²) in [7, 11) is 0. The molecule has 0 saturated carbocycles. The molecule has 0 amide bonds. The van der Waals surface area contributed by atoms with E-state index in [1.807, 2.05) is 26.0 Å². The van der Waals surface area contributed by atoms with Crippen LogP contribution in [0.15, 0.2) is 35.9 Å². The fourth-order valence-corrected chi connectivity index (χ4v) is 3.44. The summed E-state index contributed by atoms with van der Waals surface area (Å²) < 4.78 is 31.3. The Hall–Kier alpha value is -3.11. The summed E-state index contributed by atoms with van der Waals surface area (Å²) in [5.41, 5.74) is 2.76. The van der Waals surface area contributed by atoms with E-state index in [9.17, 15) is 14.4 Å². The summed E-state index contributed by atoms with van der Waals surface area (Å²) in [6.45, 7) is 5.60. The van der Waals surface area contributed by atoms with Crippen molar-refractivity contribution in [3.05, 3.63) is 58.7 Å². The summed E-state index contributed by atoms with van der Waals surface area (Å²) in [6.07, 6.45) is 3.87. The molecule has 1 aliphatic heterocycles. The van der Waals surface area contributed by atoms with Crippen LogP contribution >= 0.6 is 0 Å². The molecule has 0 bridgehead atoms. The first-order valence-corrected chi connectivity index (χ1v) is 9.93. The van der Waals surface area contributed by atoms with Gasteiger partial charge in [0, 0.05) is 24.5 Å². The van der Waals surface area contributed by atoms with Crippen LogP contribution in [-0.2, 0) is 20.8 Å². The molecular formula is C23H25FN2O4. The van der Waals surface area contributed by atoms with Crippen molar-refractivity contribution in [2.75, 3.05) is 19.8 Å². The Labute approximate surface area is 175 Å². The Morgan fingerprint density at radius 3 is 2.77 bits per heavy atom. The molecule has 1 saturated heterocycles. The van der Waals surface area contributed by atoms with E-state index in [4.69, 9.17) is 14.2 Å². The van der Waals surface area contributed by atoms with Gasteiger partial charge in [-0.3, -0.25) is 0 Å². The average molecular weight is 412 g/mol. The number of carbonyl (C=O) groups is 1. The van der Waals surface area contributed by atoms with Crippen molar-refractivity contribution in [1.82, 2.24) is 4.57 Å². The number of hydrogen-bond donors (Lipinski definition) is 0. The highest BCUT2D eigenvalue weighted by Gasteiger charge is 2.19. The molecule has 1 aromatic heterocycles. The lowest BCUT2D eigenvalue weighted by molar-refractivity contribution is -0.139. The van der Waals surface area contributed by atoms with Crippen molar-refractivity contribution in [2.24, 2.45) is 0 Å². The van der Waals surface area contributed by atoms with Gasteiger partial charge < -0.3 is 18.8 Å². The van der Waals surface area contributed by atoms with Crippen LogP contribution in [0.1, 0.15) is 29.8 Å². The van der Waals surface area contributed by atoms with Gasteiger partial charge in [-0.05, 0) is 68.7 Å². The molecule has 3 rings (SSSR count). The number of nitrogens with zero attached hydrogens (tertiary/aromatic N) is 2. The maximum absolute atomic E-state index is 12.9. The number of esters is 1. The number of aryl methyl sites for hydroxylation is 1. The summed E-state index contributed by atoms with van der Waals surface area (Å²) in [4.78, 5) is 12.3. The first kappa shape index (κ1) is 21.6. The van der Waals surface area contributed by atoms with Crippen molar-refractivity contribution in [1.29, 1.82) is 5.26 Å². The Kier molecular flexibility index (Phi) is 7.26. The highest BCUT2D eigenvalue weighted by Crippen LogP contribution is 2.22. The smallest absolute Gasteiger partial charge is 0.349 e. The van der Waals surface area contributed by atoms with Gasteiger partial charge in [-0.25, -0.2) is 9.18 Å². The van der Waals surface area contributed by atoms with Gasteiger partial charge in [-0.1, -0.05) is 0 Å². The number of halogens is 1. The van der Waals surface area contributed by atoms with Gasteiger partial charge in [0.15, 0.2) is 0 Å². The minimum Gasteiger partial charge on any atom is -0.490 e. The fourth-order valence-electron chi connectivity index (χ4n) is 3.44. The first-order chi connectivity index (χ1) is 14.5. The molecule has 158 valence electrons. The second-order valence-corrected chi connectivity index (χ2v) is 7.18. The standard InChI is InChI=1S/C23H25FN2O4/c1-16-12-18(17(2)26(16)15-22-4-3-9-28-22)13-19(14-25)23(27)30-11-10-29-21-7-5-20(24)6-8-21/h5-8,12-13,22H,3-4,9-11,15H2,1-2H3/b19-13+/t22-/m1/s1. The van der Waals surface area contributed by atoms with Crippen molar-refractivity contribution in [2.45, 2.75) is 39.3 Å². The zero-order valence-electron chi connectivity index (χ0n) is 17.2. The minimum absolute atomic E-state index is 0.0206. The SMILES string of the molecule is Cc1cc(/C=C(\C#N)C(=O)OCCOc2ccc(F)cc2)c(C)n1C[C@H]1CCCO1. The number of hydrogen-bond acceptors (Lipinski definition) is 5. The van der Waals surface area contributed by atoms with E-state index in [0.717, 1.165) is 42.9 Å². The Balaban J connectivity index is 1.58. The summed E-state index contributed by atoms with van der Waals surface area (Å²) in [6, 6.07) is 9.42. The number of rotatable bonds is 8. The molecule has 1 aromatic carbocycles. The maximum Gasteiger partial charge on any atom is 0.349 e. The van der Waals surface area contributed by atoms with E-state index in [1.54, 1.807) is 6.08 Å². The molecule has 30 heavy (non-hydrogen) atoms. The zero-order chi connectivity index (χ0) is 21.5. The van der Waals surface area contributed by atoms with Gasteiger partial charge in [0.1, 0.15) is 36.4 Å². The van der Waals surface area contributed by atoms with Gasteiger partial charge in [0.05, 0.1) is 6.10 Å². The van der Waals surface area contributed by atoms with Crippen LogP contribution in [0.4, 0.5) is 4.39 Å². The highest BCUT2D eigenvalue weighted by molar-refractivity contribution is 5.98. The molecule has 0 radical (unpaired) electrons. The van der Waals surface area contributed by atoms with Crippen LogP contribution in [0.25, 0.3) is 6.08 Å². The van der Waals surface area contributed by atoms with Gasteiger partial charge in [0.2, 0.25) is 0 Å². The number of ether oxygens (including phenoxy) is 3. The second kappa shape index (κ2) is 10.1. The number of carbonyl (C=O) groups excluding carboxylic acids is 1. The van der Waals surface area contributed by atoms with Crippen LogP contribution in [0, 0.1) is 31.0 Å². The van der Waals surface area contributed by atoms with Gasteiger partial charge in [-0.2, -0.15) is 5.26 Å². The van der Waals surface area contributed by atoms with Crippen molar-refractivity contribution in [3.63, 3.8) is 0 Å². The van der Waals surface area contributed by atoms with E-state index < -0.39 is 5.97 Å². The lowest BCUT2D eigenvalue weighted by atomic mass is 10.1. The highest BCUT2D eigenvalue weighted by atomic mass is 19.1. The lowest BCUT2D eigenvalue weighted by Crippen LogP contribution is -2.16.